The fourth-order valence-electron chi connectivity index (χ4n) is 4.58. The molecule has 0 aliphatic rings. The molecular weight excluding hydrogens is 959 g/mol. The fraction of sp³-hybridized carbons (Fsp3) is 0.818. The van der Waals surface area contributed by atoms with Gasteiger partial charge in [-0.05, 0) is 29.9 Å². The van der Waals surface area contributed by atoms with Crippen molar-refractivity contribution in [2.75, 3.05) is 179 Å². The molecule has 0 bridgehead atoms. The van der Waals surface area contributed by atoms with Crippen LogP contribution in [0.2, 0.25) is 0 Å². The Bertz CT molecular complexity index is 1410. The van der Waals surface area contributed by atoms with Crippen LogP contribution in [0.5, 0.6) is 0 Å². The summed E-state index contributed by atoms with van der Waals surface area (Å²) in [4.78, 5) is 22.9. The largest absolute Gasteiger partial charge is 1.00 e. The summed E-state index contributed by atoms with van der Waals surface area (Å²) < 4.78 is 135. The number of hydrogen-bond acceptors (Lipinski definition) is 18. The summed E-state index contributed by atoms with van der Waals surface area (Å²) in [6.07, 6.45) is 1.63. The predicted octanol–water partition coefficient (Wildman–Crippen LogP) is 1.99. The van der Waals surface area contributed by atoms with Crippen molar-refractivity contribution in [2.24, 2.45) is 5.92 Å². The van der Waals surface area contributed by atoms with E-state index in [2.05, 4.69) is 4.72 Å². The average molecular weight is 1040 g/mol. The van der Waals surface area contributed by atoms with Gasteiger partial charge < -0.3 is 75.8 Å². The van der Waals surface area contributed by atoms with Gasteiger partial charge in [0.15, 0.2) is 10.0 Å². The number of methoxy groups -OCH3 is 1. The van der Waals surface area contributed by atoms with Crippen molar-refractivity contribution in [1.82, 2.24) is 0 Å². The van der Waals surface area contributed by atoms with E-state index in [1.54, 1.807) is 19.2 Å². The Morgan fingerprint density at radius 2 is 0.779 bits per heavy atom. The molecule has 0 aromatic heterocycles. The molecule has 394 valence electrons. The van der Waals surface area contributed by atoms with Crippen LogP contribution in [0.4, 0.5) is 13.2 Å². The van der Waals surface area contributed by atoms with Crippen LogP contribution in [0.3, 0.4) is 0 Å². The molecular formula is C44H77F3KNO18S. The molecule has 0 aliphatic heterocycles. The number of hydrogen-bond donors (Lipinski definition) is 0. The third-order valence-electron chi connectivity index (χ3n) is 8.85. The van der Waals surface area contributed by atoms with Crippen molar-refractivity contribution in [1.29, 1.82) is 0 Å². The van der Waals surface area contributed by atoms with Gasteiger partial charge in [-0.25, -0.2) is 8.42 Å². The van der Waals surface area contributed by atoms with Crippen LogP contribution in [0.15, 0.2) is 24.3 Å². The Labute approximate surface area is 444 Å². The quantitative estimate of drug-likeness (QED) is 0.0519. The van der Waals surface area contributed by atoms with Crippen molar-refractivity contribution in [3.63, 3.8) is 0 Å². The molecule has 24 heteroatoms. The molecule has 0 N–H and O–H groups in total. The number of halogens is 3. The van der Waals surface area contributed by atoms with Gasteiger partial charge in [-0.3, -0.25) is 4.79 Å². The molecule has 0 saturated carbocycles. The Morgan fingerprint density at radius 3 is 1.03 bits per heavy atom. The number of benzene rings is 1. The molecule has 0 radical (unpaired) electrons. The SMILES string of the molecule is CCC(C)C(=O)OCCOCCOCCOCCOCCOCCOCCOCCOCCOCCOCCOCCOCCOC.CCC(C)c1ccc(C(=O)[N-]S(=O)(=O)C(F)(F)F)cc1.[K+]. The molecule has 1 aromatic rings. The molecule has 2 unspecified atom stereocenters. The number of nitrogens with zero attached hydrogens (tertiary/aromatic N) is 1. The van der Waals surface area contributed by atoms with Gasteiger partial charge in [-0.1, -0.05) is 52.0 Å². The van der Waals surface area contributed by atoms with Crippen LogP contribution in [-0.4, -0.2) is 205 Å². The summed E-state index contributed by atoms with van der Waals surface area (Å²) in [7, 11) is -4.16. The van der Waals surface area contributed by atoms with Gasteiger partial charge in [-0.15, -0.1) is 0 Å². The van der Waals surface area contributed by atoms with E-state index in [0.29, 0.717) is 165 Å². The van der Waals surface area contributed by atoms with Gasteiger partial charge in [-0.2, -0.15) is 13.2 Å². The van der Waals surface area contributed by atoms with E-state index in [1.165, 1.54) is 12.1 Å². The second-order valence-corrected chi connectivity index (χ2v) is 15.7. The number of amides is 1. The van der Waals surface area contributed by atoms with Gasteiger partial charge in [0.1, 0.15) is 6.61 Å². The van der Waals surface area contributed by atoms with Crippen molar-refractivity contribution in [2.45, 2.75) is 52.0 Å². The Morgan fingerprint density at radius 1 is 0.500 bits per heavy atom. The van der Waals surface area contributed by atoms with Crippen LogP contribution >= 0.6 is 0 Å². The van der Waals surface area contributed by atoms with E-state index in [4.69, 9.17) is 66.3 Å². The number of alkyl halides is 3. The van der Waals surface area contributed by atoms with Crippen molar-refractivity contribution < 1.29 is 149 Å². The number of carbonyl (C=O) groups excluding carboxylic acids is 2. The molecule has 1 aromatic carbocycles. The second-order valence-electron chi connectivity index (χ2n) is 14.1. The van der Waals surface area contributed by atoms with E-state index in [0.717, 1.165) is 18.4 Å². The molecule has 1 rings (SSSR count). The Hall–Kier alpha value is -0.984. The molecule has 0 fully saturated rings. The monoisotopic (exact) mass is 1040 g/mol. The molecule has 0 saturated heterocycles. The zero-order valence-electron chi connectivity index (χ0n) is 41.1. The summed E-state index contributed by atoms with van der Waals surface area (Å²) in [6.45, 7) is 20.6. The Kier molecular flexibility index (Phi) is 49.1. The topological polar surface area (TPSA) is 212 Å². The van der Waals surface area contributed by atoms with Crippen LogP contribution in [0.1, 0.15) is 62.4 Å². The maximum absolute atomic E-state index is 12.1. The number of esters is 1. The summed E-state index contributed by atoms with van der Waals surface area (Å²) >= 11 is 0. The van der Waals surface area contributed by atoms with Crippen LogP contribution in [-0.2, 0) is 81.1 Å². The van der Waals surface area contributed by atoms with Crippen LogP contribution in [0.25, 0.3) is 4.72 Å². The van der Waals surface area contributed by atoms with Gasteiger partial charge in [0.25, 0.3) is 0 Å². The van der Waals surface area contributed by atoms with Crippen molar-refractivity contribution in [3.05, 3.63) is 40.1 Å². The molecule has 0 aliphatic carbocycles. The first-order valence-electron chi connectivity index (χ1n) is 22.6. The number of carbonyl (C=O) groups is 2. The first-order valence-corrected chi connectivity index (χ1v) is 24.0. The third kappa shape index (κ3) is 41.6. The van der Waals surface area contributed by atoms with E-state index < -0.39 is 21.4 Å². The minimum Gasteiger partial charge on any atom is -0.534 e. The first kappa shape index (κ1) is 69.1. The predicted molar refractivity (Wildman–Crippen MR) is 240 cm³/mol. The Balaban J connectivity index is 0. The van der Waals surface area contributed by atoms with Crippen LogP contribution in [0, 0.1) is 5.92 Å². The molecule has 2 atom stereocenters. The van der Waals surface area contributed by atoms with E-state index in [1.807, 2.05) is 27.7 Å². The molecule has 0 spiro atoms. The van der Waals surface area contributed by atoms with Crippen molar-refractivity contribution >= 4 is 21.9 Å². The zero-order valence-corrected chi connectivity index (χ0v) is 45.0. The first-order chi connectivity index (χ1) is 32.3. The number of sulfonamides is 1. The van der Waals surface area contributed by atoms with Crippen LogP contribution < -0.4 is 51.4 Å². The van der Waals surface area contributed by atoms with E-state index in [-0.39, 0.29) is 81.4 Å². The smallest absolute Gasteiger partial charge is 0.534 e. The van der Waals surface area contributed by atoms with E-state index in [9.17, 15) is 31.2 Å². The third-order valence-corrected chi connectivity index (χ3v) is 9.84. The summed E-state index contributed by atoms with van der Waals surface area (Å²) in [6, 6.07) is 5.66. The van der Waals surface area contributed by atoms with Gasteiger partial charge in [0, 0.05) is 7.11 Å². The number of ether oxygens (including phenoxy) is 14. The fourth-order valence-corrected chi connectivity index (χ4v) is 5.00. The van der Waals surface area contributed by atoms with E-state index >= 15 is 0 Å². The maximum atomic E-state index is 12.1. The van der Waals surface area contributed by atoms with Gasteiger partial charge in [0.05, 0.1) is 177 Å². The van der Waals surface area contributed by atoms with Gasteiger partial charge >= 0.3 is 62.9 Å². The normalized spacial score (nSPS) is 12.5. The van der Waals surface area contributed by atoms with Crippen molar-refractivity contribution in [3.8, 4) is 0 Å². The van der Waals surface area contributed by atoms with Gasteiger partial charge in [0.2, 0.25) is 0 Å². The molecule has 68 heavy (non-hydrogen) atoms. The molecule has 19 nitrogen and oxygen atoms in total. The molecule has 1 amide bonds. The minimum absolute atomic E-state index is 0. The number of rotatable bonds is 45. The summed E-state index contributed by atoms with van der Waals surface area (Å²) in [5, 5.41) is 0. The minimum atomic E-state index is -5.80. The molecule has 0 heterocycles. The standard InChI is InChI=1S/C32H64O15.C12H14F3NO3S.K/c1-4-31(2)32(33)47-30-29-46-28-27-45-26-25-44-24-23-43-22-21-42-20-19-41-18-17-40-16-15-39-14-13-38-12-11-37-10-9-36-8-7-35-6-5-34-3;1-3-8(2)9-4-6-10(7-5-9)11(17)16-20(18,19)12(13,14)15;/h31H,4-30H2,1-3H3;4-8H,3H2,1-2H3,(H,16,17);/q;;+1/p-1. The second kappa shape index (κ2) is 48.3. The summed E-state index contributed by atoms with van der Waals surface area (Å²) in [5.41, 5.74) is -4.87. The summed E-state index contributed by atoms with van der Waals surface area (Å²) in [5.74, 6) is -1.46. The zero-order chi connectivity index (χ0) is 49.7. The maximum Gasteiger partial charge on any atom is 1.00 e. The average Bonchev–Trinajstić information content (AvgIpc) is 3.31.